The van der Waals surface area contributed by atoms with Crippen molar-refractivity contribution >= 4 is 37.2 Å². The predicted octanol–water partition coefficient (Wildman–Crippen LogP) is 2.18. The lowest BCUT2D eigenvalue weighted by atomic mass is 10.0. The number of sulfone groups is 1. The fourth-order valence-electron chi connectivity index (χ4n) is 2.12. The average Bonchev–Trinajstić information content (AvgIpc) is 2.31. The summed E-state index contributed by atoms with van der Waals surface area (Å²) in [6.07, 6.45) is 1.85. The Hall–Kier alpha value is -0.880. The lowest BCUT2D eigenvalue weighted by Gasteiger charge is -2.21. The first-order valence-corrected chi connectivity index (χ1v) is 8.23. The van der Waals surface area contributed by atoms with Crippen molar-refractivity contribution in [1.82, 2.24) is 0 Å². The molecule has 18 heavy (non-hydrogen) atoms. The topological polar surface area (TPSA) is 77.2 Å². The van der Waals surface area contributed by atoms with E-state index in [0.717, 1.165) is 6.42 Å². The molecule has 1 saturated heterocycles. The summed E-state index contributed by atoms with van der Waals surface area (Å²) < 4.78 is 24.4. The van der Waals surface area contributed by atoms with Gasteiger partial charge in [0.15, 0.2) is 15.6 Å². The number of carbonyl (C=O) groups excluding carboxylic acids is 1. The van der Waals surface area contributed by atoms with Gasteiger partial charge >= 0.3 is 0 Å². The molecular formula is C12H14BrNO3S. The fourth-order valence-corrected chi connectivity index (χ4v) is 4.37. The summed E-state index contributed by atoms with van der Waals surface area (Å²) in [6, 6.07) is 4.76. The Balaban J connectivity index is 2.33. The maximum atomic E-state index is 12.2. The van der Waals surface area contributed by atoms with Crippen LogP contribution >= 0.6 is 15.9 Å². The number of Topliss-reactive ketones (excluding diaryl/α,β-unsaturated/α-hetero) is 1. The van der Waals surface area contributed by atoms with E-state index in [1.54, 1.807) is 18.2 Å². The molecule has 6 heteroatoms. The minimum Gasteiger partial charge on any atom is -0.398 e. The first kappa shape index (κ1) is 13.5. The van der Waals surface area contributed by atoms with Crippen molar-refractivity contribution in [3.63, 3.8) is 0 Å². The van der Waals surface area contributed by atoms with Crippen LogP contribution < -0.4 is 5.73 Å². The number of rotatable bonds is 2. The second-order valence-electron chi connectivity index (χ2n) is 4.45. The van der Waals surface area contributed by atoms with Crippen molar-refractivity contribution in [2.24, 2.45) is 0 Å². The molecule has 1 heterocycles. The molecule has 1 fully saturated rings. The third-order valence-corrected chi connectivity index (χ3v) is 6.02. The van der Waals surface area contributed by atoms with Crippen molar-refractivity contribution in [2.45, 2.75) is 24.5 Å². The van der Waals surface area contributed by atoms with Crippen molar-refractivity contribution in [3.05, 3.63) is 28.2 Å². The van der Waals surface area contributed by atoms with E-state index < -0.39 is 15.1 Å². The Morgan fingerprint density at radius 2 is 2.06 bits per heavy atom. The normalized spacial score (nSPS) is 22.6. The highest BCUT2D eigenvalue weighted by Crippen LogP contribution is 2.26. The molecule has 0 aromatic heterocycles. The zero-order chi connectivity index (χ0) is 13.3. The van der Waals surface area contributed by atoms with Crippen LogP contribution in [-0.2, 0) is 9.84 Å². The molecule has 2 N–H and O–H groups in total. The maximum Gasteiger partial charge on any atom is 0.180 e. The highest BCUT2D eigenvalue weighted by Gasteiger charge is 2.35. The van der Waals surface area contributed by atoms with E-state index in [2.05, 4.69) is 15.9 Å². The molecule has 4 nitrogen and oxygen atoms in total. The minimum absolute atomic E-state index is 0.111. The number of hydrogen-bond donors (Lipinski definition) is 1. The van der Waals surface area contributed by atoms with Crippen molar-refractivity contribution < 1.29 is 13.2 Å². The van der Waals surface area contributed by atoms with Crippen molar-refractivity contribution in [3.8, 4) is 0 Å². The van der Waals surface area contributed by atoms with Gasteiger partial charge in [0, 0.05) is 15.7 Å². The van der Waals surface area contributed by atoms with Crippen LogP contribution in [0.2, 0.25) is 0 Å². The number of ketones is 1. The predicted molar refractivity (Wildman–Crippen MR) is 74.3 cm³/mol. The zero-order valence-electron chi connectivity index (χ0n) is 9.73. The van der Waals surface area contributed by atoms with Gasteiger partial charge in [-0.2, -0.15) is 0 Å². The molecule has 0 amide bonds. The quantitative estimate of drug-likeness (QED) is 0.665. The number of nitrogen functional groups attached to an aromatic ring is 1. The van der Waals surface area contributed by atoms with Gasteiger partial charge in [-0.05, 0) is 47.0 Å². The van der Waals surface area contributed by atoms with E-state index in [1.807, 2.05) is 0 Å². The summed E-state index contributed by atoms with van der Waals surface area (Å²) in [7, 11) is -3.29. The average molecular weight is 332 g/mol. The largest absolute Gasteiger partial charge is 0.398 e. The molecule has 0 aliphatic carbocycles. The third kappa shape index (κ3) is 2.59. The highest BCUT2D eigenvalue weighted by molar-refractivity contribution is 9.10. The summed E-state index contributed by atoms with van der Waals surface area (Å²) in [5.74, 6) is -0.213. The van der Waals surface area contributed by atoms with Crippen LogP contribution in [0.1, 0.15) is 29.6 Å². The Labute approximate surface area is 115 Å². The Morgan fingerprint density at radius 1 is 1.33 bits per heavy atom. The Morgan fingerprint density at radius 3 is 2.67 bits per heavy atom. The fraction of sp³-hybridized carbons (Fsp3) is 0.417. The molecule has 0 radical (unpaired) electrons. The monoisotopic (exact) mass is 331 g/mol. The van der Waals surface area contributed by atoms with E-state index in [0.29, 0.717) is 28.6 Å². The number of anilines is 1. The summed E-state index contributed by atoms with van der Waals surface area (Å²) >= 11 is 3.24. The van der Waals surface area contributed by atoms with Gasteiger partial charge in [-0.1, -0.05) is 6.42 Å². The molecule has 0 bridgehead atoms. The number of carbonyl (C=O) groups is 1. The van der Waals surface area contributed by atoms with E-state index >= 15 is 0 Å². The molecule has 0 saturated carbocycles. The number of halogens is 1. The molecule has 1 unspecified atom stereocenters. The molecule has 1 atom stereocenters. The van der Waals surface area contributed by atoms with Crippen molar-refractivity contribution in [2.75, 3.05) is 11.5 Å². The minimum atomic E-state index is -3.29. The lowest BCUT2D eigenvalue weighted by Crippen LogP contribution is -2.35. The molecule has 98 valence electrons. The standard InChI is InChI=1S/C12H14BrNO3S/c13-9-7-8(4-5-10(9)14)12(15)11-3-1-2-6-18(11,16)17/h4-5,7,11H,1-3,6,14H2. The van der Waals surface area contributed by atoms with Crippen LogP contribution in [0.15, 0.2) is 22.7 Å². The van der Waals surface area contributed by atoms with E-state index in [9.17, 15) is 13.2 Å². The van der Waals surface area contributed by atoms with Crippen LogP contribution in [0.25, 0.3) is 0 Å². The lowest BCUT2D eigenvalue weighted by molar-refractivity contribution is 0.0981. The first-order chi connectivity index (χ1) is 8.42. The molecular weight excluding hydrogens is 318 g/mol. The van der Waals surface area contributed by atoms with Gasteiger partial charge in [0.25, 0.3) is 0 Å². The Kier molecular flexibility index (Phi) is 3.77. The smallest absolute Gasteiger partial charge is 0.180 e. The van der Waals surface area contributed by atoms with E-state index in [1.165, 1.54) is 0 Å². The van der Waals surface area contributed by atoms with E-state index in [-0.39, 0.29) is 11.5 Å². The SMILES string of the molecule is Nc1ccc(C(=O)C2CCCCS2(=O)=O)cc1Br. The molecule has 1 aliphatic heterocycles. The number of nitrogens with two attached hydrogens (primary N) is 1. The Bertz CT molecular complexity index is 583. The van der Waals surface area contributed by atoms with Gasteiger partial charge < -0.3 is 5.73 Å². The van der Waals surface area contributed by atoms with Gasteiger partial charge in [0.05, 0.1) is 5.75 Å². The van der Waals surface area contributed by atoms with Crippen LogP contribution in [-0.4, -0.2) is 25.2 Å². The summed E-state index contributed by atoms with van der Waals surface area (Å²) in [6.45, 7) is 0. The molecule has 2 rings (SSSR count). The zero-order valence-corrected chi connectivity index (χ0v) is 12.1. The summed E-state index contributed by atoms with van der Waals surface area (Å²) in [5, 5.41) is -0.887. The van der Waals surface area contributed by atoms with Gasteiger partial charge in [0.2, 0.25) is 0 Å². The maximum absolute atomic E-state index is 12.2. The molecule has 1 aromatic carbocycles. The first-order valence-electron chi connectivity index (χ1n) is 5.72. The van der Waals surface area contributed by atoms with Gasteiger partial charge in [-0.15, -0.1) is 0 Å². The molecule has 1 aromatic rings. The van der Waals surface area contributed by atoms with Gasteiger partial charge in [-0.25, -0.2) is 8.42 Å². The van der Waals surface area contributed by atoms with Gasteiger partial charge in [0.1, 0.15) is 5.25 Å². The van der Waals surface area contributed by atoms with Crippen LogP contribution in [0.5, 0.6) is 0 Å². The van der Waals surface area contributed by atoms with Gasteiger partial charge in [-0.3, -0.25) is 4.79 Å². The van der Waals surface area contributed by atoms with Crippen molar-refractivity contribution in [1.29, 1.82) is 0 Å². The summed E-state index contributed by atoms with van der Waals surface area (Å²) in [5.41, 5.74) is 6.57. The molecule has 1 aliphatic rings. The molecule has 0 spiro atoms. The second-order valence-corrected chi connectivity index (χ2v) is 7.61. The van der Waals surface area contributed by atoms with Crippen LogP contribution in [0.4, 0.5) is 5.69 Å². The number of hydrogen-bond acceptors (Lipinski definition) is 4. The second kappa shape index (κ2) is 5.01. The van der Waals surface area contributed by atoms with Crippen LogP contribution in [0, 0.1) is 0 Å². The van der Waals surface area contributed by atoms with Crippen LogP contribution in [0.3, 0.4) is 0 Å². The summed E-state index contributed by atoms with van der Waals surface area (Å²) in [4.78, 5) is 12.2. The highest BCUT2D eigenvalue weighted by atomic mass is 79.9. The number of benzene rings is 1. The van der Waals surface area contributed by atoms with E-state index in [4.69, 9.17) is 5.73 Å². The third-order valence-electron chi connectivity index (χ3n) is 3.16.